The zero-order chi connectivity index (χ0) is 26.4. The molecule has 1 aliphatic heterocycles. The first kappa shape index (κ1) is 27.3. The van der Waals surface area contributed by atoms with Gasteiger partial charge in [0.2, 0.25) is 5.91 Å². The molecule has 0 atom stereocenters. The van der Waals surface area contributed by atoms with Gasteiger partial charge in [-0.15, -0.1) is 0 Å². The van der Waals surface area contributed by atoms with E-state index in [0.717, 1.165) is 11.0 Å². The maximum Gasteiger partial charge on any atom is 0.343 e. The van der Waals surface area contributed by atoms with Crippen molar-refractivity contribution < 1.29 is 37.8 Å². The van der Waals surface area contributed by atoms with Crippen LogP contribution >= 0.6 is 35.0 Å². The van der Waals surface area contributed by atoms with Gasteiger partial charge in [0.1, 0.15) is 12.4 Å². The number of nitrogens with zero attached hydrogens (tertiary/aromatic N) is 1. The molecule has 1 N–H and O–H groups in total. The van der Waals surface area contributed by atoms with Crippen LogP contribution in [0.15, 0.2) is 35.2 Å². The summed E-state index contributed by atoms with van der Waals surface area (Å²) in [5.41, 5.74) is 0.631. The summed E-state index contributed by atoms with van der Waals surface area (Å²) in [6, 6.07) is 6.58. The average molecular weight is 557 g/mol. The van der Waals surface area contributed by atoms with Crippen LogP contribution in [0, 0.1) is 5.82 Å². The molecule has 36 heavy (non-hydrogen) atoms. The summed E-state index contributed by atoms with van der Waals surface area (Å²) in [6.07, 6.45) is 1.42. The lowest BCUT2D eigenvalue weighted by molar-refractivity contribution is -0.143. The second-order valence-electron chi connectivity index (χ2n) is 7.07. The molecule has 1 aliphatic rings. The predicted octanol–water partition coefficient (Wildman–Crippen LogP) is 4.76. The van der Waals surface area contributed by atoms with E-state index in [2.05, 4.69) is 10.1 Å². The second-order valence-corrected chi connectivity index (χ2v) is 8.88. The number of nitrogens with one attached hydrogen (secondary N) is 1. The van der Waals surface area contributed by atoms with E-state index in [9.17, 15) is 23.6 Å². The van der Waals surface area contributed by atoms with Crippen molar-refractivity contribution in [3.63, 3.8) is 0 Å². The van der Waals surface area contributed by atoms with Crippen molar-refractivity contribution in [2.24, 2.45) is 0 Å². The molecular weight excluding hydrogens is 538 g/mol. The lowest BCUT2D eigenvalue weighted by atomic mass is 10.1. The predicted molar refractivity (Wildman–Crippen MR) is 133 cm³/mol. The number of carbonyl (C=O) groups excluding carboxylic acids is 4. The normalized spacial score (nSPS) is 14.2. The molecule has 0 spiro atoms. The van der Waals surface area contributed by atoms with Gasteiger partial charge < -0.3 is 19.5 Å². The molecule has 3 rings (SSSR count). The van der Waals surface area contributed by atoms with Gasteiger partial charge in [-0.25, -0.2) is 9.18 Å². The van der Waals surface area contributed by atoms with Crippen molar-refractivity contribution in [1.29, 1.82) is 0 Å². The van der Waals surface area contributed by atoms with Crippen molar-refractivity contribution in [3.05, 3.63) is 56.7 Å². The number of methoxy groups -OCH3 is 1. The number of benzene rings is 2. The highest BCUT2D eigenvalue weighted by Gasteiger charge is 2.36. The molecule has 0 aliphatic carbocycles. The van der Waals surface area contributed by atoms with Crippen LogP contribution in [0.2, 0.25) is 10.0 Å². The number of anilines is 1. The summed E-state index contributed by atoms with van der Waals surface area (Å²) in [4.78, 5) is 49.8. The molecule has 13 heteroatoms. The molecule has 0 bridgehead atoms. The highest BCUT2D eigenvalue weighted by molar-refractivity contribution is 8.18. The van der Waals surface area contributed by atoms with Crippen LogP contribution in [0.5, 0.6) is 11.5 Å². The summed E-state index contributed by atoms with van der Waals surface area (Å²) in [5.74, 6) is -2.28. The summed E-state index contributed by atoms with van der Waals surface area (Å²) in [5, 5.41) is 1.73. The molecule has 9 nitrogen and oxygen atoms in total. The van der Waals surface area contributed by atoms with Crippen LogP contribution in [0.25, 0.3) is 6.08 Å². The largest absolute Gasteiger partial charge is 0.490 e. The third-order valence-electron chi connectivity index (χ3n) is 4.57. The molecule has 0 unspecified atom stereocenters. The van der Waals surface area contributed by atoms with Crippen LogP contribution < -0.4 is 14.8 Å². The minimum Gasteiger partial charge on any atom is -0.490 e. The number of carbonyl (C=O) groups is 4. The molecular formula is C23H19Cl2FN2O7S. The van der Waals surface area contributed by atoms with Gasteiger partial charge >= 0.3 is 5.97 Å². The SMILES string of the molecule is CCOc1cc(/C=C2\SC(=O)N(CC(=O)Nc3ccc(F)c(Cl)c3)C2=O)cc(Cl)c1OCC(=O)OC. The first-order chi connectivity index (χ1) is 17.1. The lowest BCUT2D eigenvalue weighted by Gasteiger charge is -2.14. The van der Waals surface area contributed by atoms with E-state index in [1.807, 2.05) is 0 Å². The third-order valence-corrected chi connectivity index (χ3v) is 6.05. The lowest BCUT2D eigenvalue weighted by Crippen LogP contribution is -2.36. The van der Waals surface area contributed by atoms with Crippen LogP contribution in [0.3, 0.4) is 0 Å². The van der Waals surface area contributed by atoms with Gasteiger partial charge in [-0.3, -0.25) is 19.3 Å². The molecule has 0 radical (unpaired) electrons. The molecule has 1 saturated heterocycles. The summed E-state index contributed by atoms with van der Waals surface area (Å²) >= 11 is 12.6. The van der Waals surface area contributed by atoms with Crippen LogP contribution in [0.1, 0.15) is 12.5 Å². The Bertz CT molecular complexity index is 1260. The molecule has 3 amide bonds. The standard InChI is InChI=1S/C23H19Cl2FN2O7S/c1-3-34-17-7-12(6-15(25)21(17)35-11-20(30)33-2)8-18-22(31)28(23(32)36-18)10-19(29)27-13-4-5-16(26)14(24)9-13/h4-9H,3,10-11H2,1-2H3,(H,27,29)/b18-8-. The maximum atomic E-state index is 13.3. The van der Waals surface area contributed by atoms with E-state index in [4.69, 9.17) is 32.7 Å². The van der Waals surface area contributed by atoms with Crippen molar-refractivity contribution >= 4 is 69.8 Å². The molecule has 1 heterocycles. The van der Waals surface area contributed by atoms with Gasteiger partial charge in [-0.2, -0.15) is 0 Å². The topological polar surface area (TPSA) is 111 Å². The minimum atomic E-state index is -0.683. The molecule has 190 valence electrons. The molecule has 2 aromatic rings. The second kappa shape index (κ2) is 12.1. The van der Waals surface area contributed by atoms with Crippen molar-refractivity contribution in [2.45, 2.75) is 6.92 Å². The Morgan fingerprint density at radius 2 is 1.89 bits per heavy atom. The van der Waals surface area contributed by atoms with Crippen molar-refractivity contribution in [3.8, 4) is 11.5 Å². The van der Waals surface area contributed by atoms with Gasteiger partial charge in [-0.05, 0) is 60.7 Å². The van der Waals surface area contributed by atoms with Crippen molar-refractivity contribution in [1.82, 2.24) is 4.90 Å². The number of rotatable bonds is 9. The minimum absolute atomic E-state index is 0.0550. The monoisotopic (exact) mass is 556 g/mol. The Balaban J connectivity index is 1.76. The summed E-state index contributed by atoms with van der Waals surface area (Å²) < 4.78 is 28.8. The van der Waals surface area contributed by atoms with Crippen LogP contribution in [-0.4, -0.2) is 54.8 Å². The fourth-order valence-electron chi connectivity index (χ4n) is 2.97. The van der Waals surface area contributed by atoms with E-state index in [0.29, 0.717) is 17.3 Å². The smallest absolute Gasteiger partial charge is 0.343 e. The van der Waals surface area contributed by atoms with E-state index in [-0.39, 0.29) is 45.4 Å². The zero-order valence-corrected chi connectivity index (χ0v) is 21.3. The summed E-state index contributed by atoms with van der Waals surface area (Å²) in [6.45, 7) is 1.06. The highest BCUT2D eigenvalue weighted by atomic mass is 35.5. The fourth-order valence-corrected chi connectivity index (χ4v) is 4.26. The Hall–Kier alpha value is -3.28. The van der Waals surface area contributed by atoms with Gasteiger partial charge in [0.25, 0.3) is 11.1 Å². The maximum absolute atomic E-state index is 13.3. The Labute approximate surface area is 219 Å². The first-order valence-electron chi connectivity index (χ1n) is 10.3. The number of ether oxygens (including phenoxy) is 3. The molecule has 2 aromatic carbocycles. The molecule has 1 fully saturated rings. The van der Waals surface area contributed by atoms with Crippen LogP contribution in [-0.2, 0) is 19.1 Å². The number of esters is 1. The van der Waals surface area contributed by atoms with E-state index < -0.39 is 35.4 Å². The Kier molecular flexibility index (Phi) is 9.19. The van der Waals surface area contributed by atoms with Gasteiger partial charge in [0.15, 0.2) is 18.1 Å². The van der Waals surface area contributed by atoms with Crippen molar-refractivity contribution in [2.75, 3.05) is 32.2 Å². The van der Waals surface area contributed by atoms with E-state index in [1.54, 1.807) is 6.92 Å². The molecule has 0 saturated carbocycles. The fraction of sp³-hybridized carbons (Fsp3) is 0.217. The number of hydrogen-bond donors (Lipinski definition) is 1. The third kappa shape index (κ3) is 6.68. The van der Waals surface area contributed by atoms with Gasteiger partial charge in [-0.1, -0.05) is 23.2 Å². The van der Waals surface area contributed by atoms with Gasteiger partial charge in [0, 0.05) is 5.69 Å². The number of halogens is 3. The number of thioether (sulfide) groups is 1. The van der Waals surface area contributed by atoms with Gasteiger partial charge in [0.05, 0.1) is 28.7 Å². The number of imide groups is 1. The highest BCUT2D eigenvalue weighted by Crippen LogP contribution is 2.39. The average Bonchev–Trinajstić information content (AvgIpc) is 3.08. The summed E-state index contributed by atoms with van der Waals surface area (Å²) in [7, 11) is 1.22. The molecule has 0 aromatic heterocycles. The number of hydrogen-bond acceptors (Lipinski definition) is 8. The number of amides is 3. The Morgan fingerprint density at radius 3 is 2.56 bits per heavy atom. The Morgan fingerprint density at radius 1 is 1.14 bits per heavy atom. The van der Waals surface area contributed by atoms with E-state index in [1.165, 1.54) is 37.5 Å². The first-order valence-corrected chi connectivity index (χ1v) is 11.9. The quantitative estimate of drug-likeness (QED) is 0.347. The van der Waals surface area contributed by atoms with E-state index >= 15 is 0 Å². The zero-order valence-electron chi connectivity index (χ0n) is 18.9. The van der Waals surface area contributed by atoms with Crippen LogP contribution in [0.4, 0.5) is 14.9 Å².